The number of aromatic nitrogens is 2. The highest BCUT2D eigenvalue weighted by Gasteiger charge is 2.08. The maximum Gasteiger partial charge on any atom is 0.129 e. The van der Waals surface area contributed by atoms with Crippen molar-refractivity contribution in [2.75, 3.05) is 0 Å². The van der Waals surface area contributed by atoms with Crippen LogP contribution in [0.2, 0.25) is 0 Å². The molecule has 2 aromatic carbocycles. The van der Waals surface area contributed by atoms with Crippen LogP contribution in [0, 0.1) is 0 Å². The summed E-state index contributed by atoms with van der Waals surface area (Å²) in [5.74, 6) is 0.738. The molecule has 4 heteroatoms. The molecule has 3 aromatic rings. The average molecular weight is 291 g/mol. The Labute approximate surface area is 129 Å². The van der Waals surface area contributed by atoms with Crippen molar-refractivity contribution in [2.24, 2.45) is 0 Å². The molecule has 3 rings (SSSR count). The molecule has 0 fully saturated rings. The summed E-state index contributed by atoms with van der Waals surface area (Å²) in [6, 6.07) is 19.3. The van der Waals surface area contributed by atoms with Crippen LogP contribution in [0.1, 0.15) is 11.3 Å². The monoisotopic (exact) mass is 291 g/mol. The summed E-state index contributed by atoms with van der Waals surface area (Å²) < 4.78 is 5.91. The Balaban J connectivity index is 1.86. The van der Waals surface area contributed by atoms with Crippen LogP contribution in [0.5, 0.6) is 5.75 Å². The smallest absolute Gasteiger partial charge is 0.129 e. The molecular weight excluding hydrogens is 276 g/mol. The van der Waals surface area contributed by atoms with Crippen LogP contribution in [-0.4, -0.2) is 9.97 Å². The van der Waals surface area contributed by atoms with Crippen molar-refractivity contribution in [1.29, 1.82) is 0 Å². The van der Waals surface area contributed by atoms with Crippen molar-refractivity contribution < 1.29 is 9.84 Å². The van der Waals surface area contributed by atoms with Gasteiger partial charge >= 0.3 is 0 Å². The van der Waals surface area contributed by atoms with Crippen molar-refractivity contribution >= 4 is 0 Å². The topological polar surface area (TPSA) is 54.9 Å². The molecule has 0 saturated heterocycles. The molecule has 0 aliphatic rings. The lowest BCUT2D eigenvalue weighted by atomic mass is 10.1. The van der Waals surface area contributed by atoms with Gasteiger partial charge in [-0.25, -0.2) is 15.1 Å². The highest BCUT2D eigenvalue weighted by molar-refractivity contribution is 5.67. The molecule has 0 spiro atoms. The second-order valence-electron chi connectivity index (χ2n) is 4.81. The largest absolute Gasteiger partial charge is 0.488 e. The normalized spacial score (nSPS) is 10.4. The zero-order valence-electron chi connectivity index (χ0n) is 12.0. The second kappa shape index (κ2) is 6.83. The van der Waals surface area contributed by atoms with E-state index in [1.54, 1.807) is 6.07 Å². The number of benzene rings is 2. The molecule has 0 atom stereocenters. The minimum atomic E-state index is -0.359. The lowest BCUT2D eigenvalue weighted by molar-refractivity contribution is 0.174. The Morgan fingerprint density at radius 2 is 1.68 bits per heavy atom. The van der Waals surface area contributed by atoms with E-state index in [1.807, 2.05) is 54.6 Å². The van der Waals surface area contributed by atoms with Crippen LogP contribution in [0.3, 0.4) is 0 Å². The summed E-state index contributed by atoms with van der Waals surface area (Å²) in [5.41, 5.74) is 3.13. The van der Waals surface area contributed by atoms with E-state index < -0.39 is 0 Å². The quantitative estimate of drug-likeness (QED) is 0.721. The van der Waals surface area contributed by atoms with Gasteiger partial charge < -0.3 is 4.74 Å². The number of nitrogens with zero attached hydrogens (tertiary/aromatic N) is 2. The molecular formula is C18H15N2O2. The van der Waals surface area contributed by atoms with Crippen LogP contribution in [0.25, 0.3) is 11.3 Å². The van der Waals surface area contributed by atoms with Crippen molar-refractivity contribution in [3.8, 4) is 17.0 Å². The highest BCUT2D eigenvalue weighted by atomic mass is 16.5. The van der Waals surface area contributed by atoms with Gasteiger partial charge in [-0.15, -0.1) is 0 Å². The van der Waals surface area contributed by atoms with E-state index >= 15 is 0 Å². The summed E-state index contributed by atoms with van der Waals surface area (Å²) in [5, 5.41) is 11.0. The van der Waals surface area contributed by atoms with Crippen LogP contribution in [-0.2, 0) is 18.3 Å². The number of rotatable bonds is 5. The van der Waals surface area contributed by atoms with E-state index in [2.05, 4.69) is 9.97 Å². The van der Waals surface area contributed by atoms with Crippen molar-refractivity contribution in [3.05, 3.63) is 78.2 Å². The van der Waals surface area contributed by atoms with Gasteiger partial charge in [0.25, 0.3) is 0 Å². The Bertz CT molecular complexity index is 745. The summed E-state index contributed by atoms with van der Waals surface area (Å²) >= 11 is 0. The SMILES string of the molecule is [O]Cc1cc(-c2ccccc2OCc2ccccc2)ncn1. The summed E-state index contributed by atoms with van der Waals surface area (Å²) in [7, 11) is 0. The molecule has 0 saturated carbocycles. The fraction of sp³-hybridized carbons (Fsp3) is 0.111. The van der Waals surface area contributed by atoms with E-state index in [9.17, 15) is 5.11 Å². The third-order valence-electron chi connectivity index (χ3n) is 3.27. The van der Waals surface area contributed by atoms with Gasteiger partial charge in [-0.1, -0.05) is 42.5 Å². The van der Waals surface area contributed by atoms with Gasteiger partial charge in [0.05, 0.1) is 11.4 Å². The number of hydrogen-bond acceptors (Lipinski definition) is 3. The van der Waals surface area contributed by atoms with Crippen molar-refractivity contribution in [1.82, 2.24) is 9.97 Å². The van der Waals surface area contributed by atoms with Gasteiger partial charge in [0.15, 0.2) is 0 Å². The molecule has 109 valence electrons. The van der Waals surface area contributed by atoms with Crippen LogP contribution in [0.15, 0.2) is 67.0 Å². The van der Waals surface area contributed by atoms with E-state index in [0.29, 0.717) is 18.0 Å². The minimum Gasteiger partial charge on any atom is -0.488 e. The third kappa shape index (κ3) is 3.30. The predicted octanol–water partition coefficient (Wildman–Crippen LogP) is 3.65. The second-order valence-corrected chi connectivity index (χ2v) is 4.81. The number of hydrogen-bond donors (Lipinski definition) is 0. The predicted molar refractivity (Wildman–Crippen MR) is 82.6 cm³/mol. The number of para-hydroxylation sites is 1. The maximum atomic E-state index is 11.0. The molecule has 22 heavy (non-hydrogen) atoms. The Kier molecular flexibility index (Phi) is 4.41. The van der Waals surface area contributed by atoms with Crippen LogP contribution < -0.4 is 4.74 Å². The lowest BCUT2D eigenvalue weighted by Crippen LogP contribution is -1.98. The average Bonchev–Trinajstić information content (AvgIpc) is 2.61. The first-order valence-electron chi connectivity index (χ1n) is 7.02. The van der Waals surface area contributed by atoms with Crippen LogP contribution >= 0.6 is 0 Å². The fourth-order valence-electron chi connectivity index (χ4n) is 2.16. The van der Waals surface area contributed by atoms with E-state index in [1.165, 1.54) is 6.33 Å². The fourth-order valence-corrected chi connectivity index (χ4v) is 2.16. The molecule has 0 amide bonds. The third-order valence-corrected chi connectivity index (χ3v) is 3.27. The molecule has 0 unspecified atom stereocenters. The van der Waals surface area contributed by atoms with E-state index in [4.69, 9.17) is 4.74 Å². The van der Waals surface area contributed by atoms with Gasteiger partial charge in [-0.2, -0.15) is 0 Å². The molecule has 0 aliphatic carbocycles. The standard InChI is InChI=1S/C18H15N2O2/c21-11-15-10-17(20-13-19-15)16-8-4-5-9-18(16)22-12-14-6-2-1-3-7-14/h1-10,13H,11-12H2. The van der Waals surface area contributed by atoms with Gasteiger partial charge in [0.2, 0.25) is 0 Å². The molecule has 1 aromatic heterocycles. The zero-order chi connectivity index (χ0) is 15.2. The summed E-state index contributed by atoms with van der Waals surface area (Å²) in [6.07, 6.45) is 1.41. The van der Waals surface area contributed by atoms with Gasteiger partial charge in [-0.05, 0) is 23.8 Å². The molecule has 0 aliphatic heterocycles. The number of ether oxygens (including phenoxy) is 1. The summed E-state index contributed by atoms with van der Waals surface area (Å²) in [4.78, 5) is 8.19. The molecule has 0 N–H and O–H groups in total. The van der Waals surface area contributed by atoms with E-state index in [-0.39, 0.29) is 6.61 Å². The summed E-state index contributed by atoms with van der Waals surface area (Å²) in [6.45, 7) is 0.125. The first kappa shape index (κ1) is 14.2. The Morgan fingerprint density at radius 1 is 0.909 bits per heavy atom. The highest BCUT2D eigenvalue weighted by Crippen LogP contribution is 2.29. The van der Waals surface area contributed by atoms with Gasteiger partial charge in [0.1, 0.15) is 25.3 Å². The molecule has 1 radical (unpaired) electrons. The molecule has 4 nitrogen and oxygen atoms in total. The first-order chi connectivity index (χ1) is 10.9. The Morgan fingerprint density at radius 3 is 2.50 bits per heavy atom. The van der Waals surface area contributed by atoms with Crippen molar-refractivity contribution in [2.45, 2.75) is 13.2 Å². The Hall–Kier alpha value is -2.72. The molecule has 1 heterocycles. The van der Waals surface area contributed by atoms with Gasteiger partial charge in [0, 0.05) is 5.56 Å². The molecule has 0 bridgehead atoms. The minimum absolute atomic E-state index is 0.359. The lowest BCUT2D eigenvalue weighted by Gasteiger charge is -2.11. The maximum absolute atomic E-state index is 11.0. The van der Waals surface area contributed by atoms with Gasteiger partial charge in [-0.3, -0.25) is 0 Å². The zero-order valence-corrected chi connectivity index (χ0v) is 12.0. The van der Waals surface area contributed by atoms with Crippen molar-refractivity contribution in [3.63, 3.8) is 0 Å². The van der Waals surface area contributed by atoms with E-state index in [0.717, 1.165) is 16.9 Å². The first-order valence-corrected chi connectivity index (χ1v) is 7.02. The van der Waals surface area contributed by atoms with Crippen LogP contribution in [0.4, 0.5) is 0 Å².